The van der Waals surface area contributed by atoms with Crippen LogP contribution in [0.2, 0.25) is 0 Å². The molecule has 3 N–H and O–H groups in total. The molecule has 1 aliphatic heterocycles. The molecular weight excluding hydrogens is 264 g/mol. The fraction of sp³-hybridized carbons (Fsp3) is 0.562. The summed E-state index contributed by atoms with van der Waals surface area (Å²) in [7, 11) is 0. The van der Waals surface area contributed by atoms with Crippen molar-refractivity contribution in [1.29, 1.82) is 0 Å². The maximum Gasteiger partial charge on any atom is 0.233 e. The predicted octanol–water partition coefficient (Wildman–Crippen LogP) is 1.36. The second-order valence-corrected chi connectivity index (χ2v) is 5.54. The van der Waals surface area contributed by atoms with E-state index in [1.165, 1.54) is 5.69 Å². The number of piperazine rings is 1. The van der Waals surface area contributed by atoms with Crippen molar-refractivity contribution in [3.8, 4) is 0 Å². The van der Waals surface area contributed by atoms with E-state index in [1.807, 2.05) is 0 Å². The lowest BCUT2D eigenvalue weighted by Crippen LogP contribution is -2.46. The summed E-state index contributed by atoms with van der Waals surface area (Å²) in [6.07, 6.45) is 3.71. The van der Waals surface area contributed by atoms with Gasteiger partial charge in [-0.3, -0.25) is 15.1 Å². The van der Waals surface area contributed by atoms with Gasteiger partial charge in [0, 0.05) is 38.3 Å². The third kappa shape index (κ3) is 5.36. The number of hydrogen-bond acceptors (Lipinski definition) is 4. The van der Waals surface area contributed by atoms with Gasteiger partial charge < -0.3 is 4.90 Å². The van der Waals surface area contributed by atoms with E-state index in [-0.39, 0.29) is 5.91 Å². The minimum atomic E-state index is -0.0634. The Bertz CT molecular complexity index is 416. The van der Waals surface area contributed by atoms with E-state index in [0.29, 0.717) is 6.42 Å². The van der Waals surface area contributed by atoms with Gasteiger partial charge in [-0.05, 0) is 31.5 Å². The van der Waals surface area contributed by atoms with E-state index in [4.69, 9.17) is 5.84 Å². The number of rotatable bonds is 7. The molecule has 5 nitrogen and oxygen atoms in total. The van der Waals surface area contributed by atoms with Crippen molar-refractivity contribution >= 4 is 11.6 Å². The van der Waals surface area contributed by atoms with Crippen LogP contribution in [0.4, 0.5) is 5.69 Å². The summed E-state index contributed by atoms with van der Waals surface area (Å²) in [6, 6.07) is 10.6. The lowest BCUT2D eigenvalue weighted by Gasteiger charge is -2.36. The number of carbonyl (C=O) groups excluding carboxylic acids is 1. The van der Waals surface area contributed by atoms with Crippen LogP contribution in [0.25, 0.3) is 0 Å². The number of hydrogen-bond donors (Lipinski definition) is 2. The molecule has 1 aromatic rings. The summed E-state index contributed by atoms with van der Waals surface area (Å²) in [6.45, 7) is 5.57. The van der Waals surface area contributed by atoms with E-state index in [9.17, 15) is 4.79 Å². The zero-order chi connectivity index (χ0) is 14.9. The predicted molar refractivity (Wildman–Crippen MR) is 85.9 cm³/mol. The van der Waals surface area contributed by atoms with Crippen molar-refractivity contribution in [3.63, 3.8) is 0 Å². The normalized spacial score (nSPS) is 16.0. The Hall–Kier alpha value is -1.59. The molecule has 0 atom stereocenters. The smallest absolute Gasteiger partial charge is 0.233 e. The van der Waals surface area contributed by atoms with Gasteiger partial charge in [0.1, 0.15) is 0 Å². The first-order chi connectivity index (χ1) is 10.3. The third-order valence-corrected chi connectivity index (χ3v) is 4.03. The number of benzene rings is 1. The lowest BCUT2D eigenvalue weighted by molar-refractivity contribution is -0.121. The molecule has 0 bridgehead atoms. The summed E-state index contributed by atoms with van der Waals surface area (Å²) >= 11 is 0. The number of amides is 1. The number of nitrogens with one attached hydrogen (secondary N) is 1. The van der Waals surface area contributed by atoms with Crippen LogP contribution in [0.3, 0.4) is 0 Å². The quantitative estimate of drug-likeness (QED) is 0.344. The zero-order valence-electron chi connectivity index (χ0n) is 12.6. The fourth-order valence-corrected chi connectivity index (χ4v) is 2.74. The van der Waals surface area contributed by atoms with Crippen molar-refractivity contribution in [3.05, 3.63) is 30.3 Å². The van der Waals surface area contributed by atoms with Gasteiger partial charge in [-0.1, -0.05) is 24.6 Å². The Balaban J connectivity index is 1.58. The van der Waals surface area contributed by atoms with Crippen LogP contribution in [0.15, 0.2) is 30.3 Å². The Morgan fingerprint density at radius 2 is 1.76 bits per heavy atom. The van der Waals surface area contributed by atoms with Gasteiger partial charge in [0.15, 0.2) is 0 Å². The molecule has 0 spiro atoms. The summed E-state index contributed by atoms with van der Waals surface area (Å²) in [5.41, 5.74) is 3.49. The second kappa shape index (κ2) is 8.64. The first-order valence-electron chi connectivity index (χ1n) is 7.81. The van der Waals surface area contributed by atoms with Crippen molar-refractivity contribution < 1.29 is 4.79 Å². The molecule has 0 aliphatic carbocycles. The van der Waals surface area contributed by atoms with Gasteiger partial charge in [0.05, 0.1) is 0 Å². The van der Waals surface area contributed by atoms with Crippen molar-refractivity contribution in [2.45, 2.75) is 25.7 Å². The molecule has 0 saturated carbocycles. The van der Waals surface area contributed by atoms with Crippen LogP contribution >= 0.6 is 0 Å². The number of nitrogens with two attached hydrogens (primary N) is 1. The summed E-state index contributed by atoms with van der Waals surface area (Å²) < 4.78 is 0. The Morgan fingerprint density at radius 1 is 1.05 bits per heavy atom. The van der Waals surface area contributed by atoms with Gasteiger partial charge in [0.2, 0.25) is 5.91 Å². The summed E-state index contributed by atoms with van der Waals surface area (Å²) in [5.74, 6) is 4.99. The largest absolute Gasteiger partial charge is 0.369 e. The molecule has 2 rings (SSSR count). The Labute approximate surface area is 127 Å². The molecule has 1 saturated heterocycles. The summed E-state index contributed by atoms with van der Waals surface area (Å²) in [4.78, 5) is 16.0. The highest BCUT2D eigenvalue weighted by Gasteiger charge is 2.16. The molecule has 1 heterocycles. The Morgan fingerprint density at radius 3 is 2.43 bits per heavy atom. The van der Waals surface area contributed by atoms with Gasteiger partial charge in [-0.2, -0.15) is 0 Å². The van der Waals surface area contributed by atoms with Crippen molar-refractivity contribution in [1.82, 2.24) is 10.3 Å². The van der Waals surface area contributed by atoms with Gasteiger partial charge in [-0.15, -0.1) is 0 Å². The highest BCUT2D eigenvalue weighted by atomic mass is 16.2. The molecular formula is C16H26N4O. The average Bonchev–Trinajstić information content (AvgIpc) is 2.55. The molecule has 1 aromatic carbocycles. The lowest BCUT2D eigenvalue weighted by atomic mass is 10.1. The van der Waals surface area contributed by atoms with Crippen LogP contribution in [0.5, 0.6) is 0 Å². The highest BCUT2D eigenvalue weighted by molar-refractivity contribution is 5.75. The van der Waals surface area contributed by atoms with Crippen LogP contribution in [0, 0.1) is 0 Å². The topological polar surface area (TPSA) is 61.6 Å². The van der Waals surface area contributed by atoms with Gasteiger partial charge in [0.25, 0.3) is 0 Å². The molecule has 0 radical (unpaired) electrons. The molecule has 1 aliphatic rings. The molecule has 1 fully saturated rings. The molecule has 0 aromatic heterocycles. The number of carbonyl (C=O) groups is 1. The van der Waals surface area contributed by atoms with E-state index in [1.54, 1.807) is 0 Å². The van der Waals surface area contributed by atoms with E-state index in [2.05, 4.69) is 45.6 Å². The van der Waals surface area contributed by atoms with Crippen molar-refractivity contribution in [2.24, 2.45) is 5.84 Å². The number of anilines is 1. The molecule has 0 unspecified atom stereocenters. The van der Waals surface area contributed by atoms with E-state index in [0.717, 1.165) is 52.0 Å². The van der Waals surface area contributed by atoms with Crippen LogP contribution in [0.1, 0.15) is 25.7 Å². The van der Waals surface area contributed by atoms with Gasteiger partial charge in [-0.25, -0.2) is 5.84 Å². The molecule has 116 valence electrons. The maximum atomic E-state index is 11.0. The minimum Gasteiger partial charge on any atom is -0.369 e. The van der Waals surface area contributed by atoms with E-state index < -0.39 is 0 Å². The third-order valence-electron chi connectivity index (χ3n) is 4.03. The van der Waals surface area contributed by atoms with Crippen molar-refractivity contribution in [2.75, 3.05) is 37.6 Å². The molecule has 5 heteroatoms. The maximum absolute atomic E-state index is 11.0. The standard InChI is InChI=1S/C16H26N4O/c17-18-16(21)9-5-2-6-10-19-11-13-20(14-12-19)15-7-3-1-4-8-15/h1,3-4,7-8H,2,5-6,9-14,17H2,(H,18,21). The number of para-hydroxylation sites is 1. The number of nitrogens with zero attached hydrogens (tertiary/aromatic N) is 2. The molecule has 1 amide bonds. The summed E-state index contributed by atoms with van der Waals surface area (Å²) in [5, 5.41) is 0. The monoisotopic (exact) mass is 290 g/mol. The van der Waals surface area contributed by atoms with Gasteiger partial charge >= 0.3 is 0 Å². The number of unbranched alkanes of at least 4 members (excludes halogenated alkanes) is 2. The van der Waals surface area contributed by atoms with Crippen LogP contribution in [-0.2, 0) is 4.79 Å². The Kier molecular flexibility index (Phi) is 6.50. The first kappa shape index (κ1) is 15.8. The minimum absolute atomic E-state index is 0.0634. The second-order valence-electron chi connectivity index (χ2n) is 5.54. The van der Waals surface area contributed by atoms with Crippen LogP contribution in [-0.4, -0.2) is 43.5 Å². The highest BCUT2D eigenvalue weighted by Crippen LogP contribution is 2.15. The first-order valence-corrected chi connectivity index (χ1v) is 7.81. The fourth-order valence-electron chi connectivity index (χ4n) is 2.74. The van der Waals surface area contributed by atoms with E-state index >= 15 is 0 Å². The molecule has 21 heavy (non-hydrogen) atoms. The SMILES string of the molecule is NNC(=O)CCCCCN1CCN(c2ccccc2)CC1. The number of hydrazine groups is 1. The van der Waals surface area contributed by atoms with Crippen LogP contribution < -0.4 is 16.2 Å². The zero-order valence-corrected chi connectivity index (χ0v) is 12.6. The average molecular weight is 290 g/mol.